The molecule has 5 heteroatoms. The number of rotatable bonds is 4. The Kier molecular flexibility index (Phi) is 3.34. The molecule has 0 spiro atoms. The molecule has 1 aromatic heterocycles. The van der Waals surface area contributed by atoms with E-state index >= 15 is 0 Å². The smallest absolute Gasteiger partial charge is 0.218 e. The summed E-state index contributed by atoms with van der Waals surface area (Å²) in [6.07, 6.45) is 4.00. The van der Waals surface area contributed by atoms with E-state index in [1.807, 2.05) is 0 Å². The number of nitrogens with one attached hydrogen (secondary N) is 2. The first kappa shape index (κ1) is 10.2. The Morgan fingerprint density at radius 2 is 2.53 bits per heavy atom. The second-order valence-electron chi connectivity index (χ2n) is 3.62. The number of hydrogen-bond donors (Lipinski definition) is 2. The molecule has 5 nitrogen and oxygen atoms in total. The van der Waals surface area contributed by atoms with E-state index in [2.05, 4.69) is 20.6 Å². The summed E-state index contributed by atoms with van der Waals surface area (Å²) >= 11 is 0. The zero-order valence-electron chi connectivity index (χ0n) is 8.86. The fraction of sp³-hybridized carbons (Fsp3) is 0.600. The van der Waals surface area contributed by atoms with Gasteiger partial charge in [-0.1, -0.05) is 0 Å². The van der Waals surface area contributed by atoms with E-state index in [0.29, 0.717) is 11.9 Å². The van der Waals surface area contributed by atoms with E-state index in [0.717, 1.165) is 18.9 Å². The maximum absolute atomic E-state index is 5.02. The van der Waals surface area contributed by atoms with Crippen molar-refractivity contribution in [3.63, 3.8) is 0 Å². The third kappa shape index (κ3) is 2.79. The Bertz CT molecular complexity index is 312. The van der Waals surface area contributed by atoms with Gasteiger partial charge in [0, 0.05) is 18.7 Å². The molecule has 2 N–H and O–H groups in total. The largest absolute Gasteiger partial charge is 0.481 e. The second kappa shape index (κ2) is 4.93. The van der Waals surface area contributed by atoms with Crippen LogP contribution in [0.1, 0.15) is 12.8 Å². The lowest BCUT2D eigenvalue weighted by molar-refractivity contribution is 0.397. The Hall–Kier alpha value is -1.36. The van der Waals surface area contributed by atoms with E-state index in [1.165, 1.54) is 19.2 Å². The molecule has 0 bridgehead atoms. The summed E-state index contributed by atoms with van der Waals surface area (Å²) in [5, 5.41) is 6.69. The average molecular weight is 208 g/mol. The van der Waals surface area contributed by atoms with Crippen LogP contribution >= 0.6 is 0 Å². The fourth-order valence-corrected chi connectivity index (χ4v) is 1.71. The van der Waals surface area contributed by atoms with Crippen LogP contribution in [0.25, 0.3) is 0 Å². The minimum absolute atomic E-state index is 0.561. The molecule has 2 rings (SSSR count). The molecule has 0 amide bonds. The van der Waals surface area contributed by atoms with Crippen molar-refractivity contribution in [3.8, 4) is 5.88 Å². The standard InChI is InChI=1S/C10H16N4O/c1-15-10-5-9(13-7-14-10)12-6-8-3-2-4-11-8/h5,7-8,11H,2-4,6H2,1H3,(H,12,13,14)/t8-/m1/s1. The Morgan fingerprint density at radius 1 is 1.60 bits per heavy atom. The molecule has 1 aromatic rings. The lowest BCUT2D eigenvalue weighted by Crippen LogP contribution is -2.29. The van der Waals surface area contributed by atoms with Crippen molar-refractivity contribution in [2.75, 3.05) is 25.5 Å². The third-order valence-corrected chi connectivity index (χ3v) is 2.54. The number of ether oxygens (including phenoxy) is 1. The molecule has 1 aliphatic rings. The number of hydrogen-bond acceptors (Lipinski definition) is 5. The molecule has 2 heterocycles. The number of aromatic nitrogens is 2. The van der Waals surface area contributed by atoms with Crippen LogP contribution in [-0.4, -0.2) is 36.2 Å². The van der Waals surface area contributed by atoms with Gasteiger partial charge in [0.05, 0.1) is 7.11 Å². The maximum Gasteiger partial charge on any atom is 0.218 e. The summed E-state index contributed by atoms with van der Waals surface area (Å²) in [5.74, 6) is 1.41. The molecular formula is C10H16N4O. The molecule has 15 heavy (non-hydrogen) atoms. The van der Waals surface area contributed by atoms with Crippen molar-refractivity contribution in [3.05, 3.63) is 12.4 Å². The van der Waals surface area contributed by atoms with Gasteiger partial charge in [0.25, 0.3) is 0 Å². The summed E-state index contributed by atoms with van der Waals surface area (Å²) in [5.41, 5.74) is 0. The van der Waals surface area contributed by atoms with Gasteiger partial charge in [-0.3, -0.25) is 0 Å². The predicted octanol–water partition coefficient (Wildman–Crippen LogP) is 0.649. The third-order valence-electron chi connectivity index (χ3n) is 2.54. The zero-order chi connectivity index (χ0) is 10.5. The Balaban J connectivity index is 1.86. The number of nitrogens with zero attached hydrogens (tertiary/aromatic N) is 2. The van der Waals surface area contributed by atoms with Gasteiger partial charge in [-0.05, 0) is 19.4 Å². The highest BCUT2D eigenvalue weighted by Crippen LogP contribution is 2.11. The molecule has 0 unspecified atom stereocenters. The Morgan fingerprint density at radius 3 is 3.27 bits per heavy atom. The van der Waals surface area contributed by atoms with Crippen LogP contribution in [-0.2, 0) is 0 Å². The van der Waals surface area contributed by atoms with E-state index < -0.39 is 0 Å². The fourth-order valence-electron chi connectivity index (χ4n) is 1.71. The first-order valence-electron chi connectivity index (χ1n) is 5.22. The molecule has 1 fully saturated rings. The first-order chi connectivity index (χ1) is 7.38. The molecule has 0 aliphatic carbocycles. The zero-order valence-corrected chi connectivity index (χ0v) is 8.86. The van der Waals surface area contributed by atoms with Gasteiger partial charge >= 0.3 is 0 Å². The predicted molar refractivity (Wildman–Crippen MR) is 58.1 cm³/mol. The van der Waals surface area contributed by atoms with Gasteiger partial charge in [-0.2, -0.15) is 0 Å². The minimum Gasteiger partial charge on any atom is -0.481 e. The van der Waals surface area contributed by atoms with Crippen LogP contribution in [0.2, 0.25) is 0 Å². The monoisotopic (exact) mass is 208 g/mol. The van der Waals surface area contributed by atoms with E-state index in [-0.39, 0.29) is 0 Å². The highest BCUT2D eigenvalue weighted by atomic mass is 16.5. The number of anilines is 1. The highest BCUT2D eigenvalue weighted by molar-refractivity contribution is 5.37. The molecule has 82 valence electrons. The van der Waals surface area contributed by atoms with Crippen molar-refractivity contribution in [2.45, 2.75) is 18.9 Å². The summed E-state index contributed by atoms with van der Waals surface area (Å²) in [4.78, 5) is 8.07. The Labute approximate surface area is 89.3 Å². The van der Waals surface area contributed by atoms with Crippen LogP contribution < -0.4 is 15.4 Å². The van der Waals surface area contributed by atoms with Crippen LogP contribution in [0.4, 0.5) is 5.82 Å². The molecule has 1 aliphatic heterocycles. The maximum atomic E-state index is 5.02. The van der Waals surface area contributed by atoms with E-state index in [4.69, 9.17) is 4.74 Å². The number of methoxy groups -OCH3 is 1. The lowest BCUT2D eigenvalue weighted by atomic mass is 10.2. The first-order valence-corrected chi connectivity index (χ1v) is 5.22. The summed E-state index contributed by atoms with van der Waals surface area (Å²) in [6, 6.07) is 2.36. The van der Waals surface area contributed by atoms with Crippen molar-refractivity contribution in [1.82, 2.24) is 15.3 Å². The molecular weight excluding hydrogens is 192 g/mol. The van der Waals surface area contributed by atoms with Gasteiger partial charge in [-0.15, -0.1) is 0 Å². The normalized spacial score (nSPS) is 20.2. The van der Waals surface area contributed by atoms with Crippen molar-refractivity contribution in [1.29, 1.82) is 0 Å². The van der Waals surface area contributed by atoms with Crippen LogP contribution in [0.3, 0.4) is 0 Å². The molecule has 1 atom stereocenters. The van der Waals surface area contributed by atoms with E-state index in [1.54, 1.807) is 13.2 Å². The SMILES string of the molecule is COc1cc(NC[C@H]2CCCN2)ncn1. The van der Waals surface area contributed by atoms with E-state index in [9.17, 15) is 0 Å². The molecule has 0 aromatic carbocycles. The topological polar surface area (TPSA) is 59.1 Å². The van der Waals surface area contributed by atoms with Crippen LogP contribution in [0, 0.1) is 0 Å². The average Bonchev–Trinajstić information content (AvgIpc) is 2.79. The molecule has 0 saturated carbocycles. The van der Waals surface area contributed by atoms with Crippen LogP contribution in [0.5, 0.6) is 5.88 Å². The van der Waals surface area contributed by atoms with Gasteiger partial charge in [0.15, 0.2) is 0 Å². The summed E-state index contributed by atoms with van der Waals surface area (Å²) in [7, 11) is 1.60. The lowest BCUT2D eigenvalue weighted by Gasteiger charge is -2.11. The molecule has 1 saturated heterocycles. The minimum atomic E-state index is 0.561. The molecule has 0 radical (unpaired) electrons. The quantitative estimate of drug-likeness (QED) is 0.760. The van der Waals surface area contributed by atoms with Gasteiger partial charge in [-0.25, -0.2) is 9.97 Å². The van der Waals surface area contributed by atoms with Gasteiger partial charge in [0.1, 0.15) is 12.1 Å². The highest BCUT2D eigenvalue weighted by Gasteiger charge is 2.13. The van der Waals surface area contributed by atoms with Crippen molar-refractivity contribution >= 4 is 5.82 Å². The second-order valence-corrected chi connectivity index (χ2v) is 3.62. The van der Waals surface area contributed by atoms with Gasteiger partial charge in [0.2, 0.25) is 5.88 Å². The van der Waals surface area contributed by atoms with Crippen molar-refractivity contribution in [2.24, 2.45) is 0 Å². The van der Waals surface area contributed by atoms with Crippen molar-refractivity contribution < 1.29 is 4.74 Å². The van der Waals surface area contributed by atoms with Gasteiger partial charge < -0.3 is 15.4 Å². The summed E-state index contributed by atoms with van der Waals surface area (Å²) < 4.78 is 5.02. The van der Waals surface area contributed by atoms with Crippen LogP contribution in [0.15, 0.2) is 12.4 Å². The summed E-state index contributed by atoms with van der Waals surface area (Å²) in [6.45, 7) is 2.03.